The first kappa shape index (κ1) is 18.3. The van der Waals surface area contributed by atoms with E-state index in [0.29, 0.717) is 10.2 Å². The van der Waals surface area contributed by atoms with Crippen LogP contribution in [-0.2, 0) is 13.8 Å². The average molecular weight is 399 g/mol. The molecule has 118 valence electrons. The van der Waals surface area contributed by atoms with Gasteiger partial charge in [-0.05, 0) is 47.0 Å². The van der Waals surface area contributed by atoms with Crippen molar-refractivity contribution in [2.75, 3.05) is 6.61 Å². The molecule has 0 saturated carbocycles. The highest BCUT2D eigenvalue weighted by atomic mass is 79.9. The summed E-state index contributed by atoms with van der Waals surface area (Å²) < 4.78 is 28.2. The Bertz CT molecular complexity index is 602. The molecule has 1 amide bonds. The number of hydrogen-bond acceptors (Lipinski definition) is 4. The van der Waals surface area contributed by atoms with Crippen LogP contribution < -0.4 is 10.1 Å². The van der Waals surface area contributed by atoms with Crippen molar-refractivity contribution in [2.24, 2.45) is 0 Å². The topological polar surface area (TPSA) is 72.5 Å². The van der Waals surface area contributed by atoms with Crippen LogP contribution in [-0.4, -0.2) is 27.0 Å². The monoisotopic (exact) mass is 397 g/mol. The van der Waals surface area contributed by atoms with Crippen molar-refractivity contribution in [1.29, 1.82) is 0 Å². The van der Waals surface area contributed by atoms with Gasteiger partial charge in [0.25, 0.3) is 15.0 Å². The van der Waals surface area contributed by atoms with E-state index in [-0.39, 0.29) is 23.5 Å². The van der Waals surface area contributed by atoms with Gasteiger partial charge in [0.2, 0.25) is 0 Å². The molecule has 0 aromatic heterocycles. The molecule has 0 aliphatic heterocycles. The summed E-state index contributed by atoms with van der Waals surface area (Å²) in [5.41, 5.74) is 0. The van der Waals surface area contributed by atoms with E-state index in [2.05, 4.69) is 21.2 Å². The van der Waals surface area contributed by atoms with Crippen LogP contribution in [0, 0.1) is 0 Å². The minimum atomic E-state index is -3.79. The summed E-state index contributed by atoms with van der Waals surface area (Å²) >= 11 is 3.19. The minimum absolute atomic E-state index is 0.0372. The molecule has 0 heterocycles. The molecule has 0 radical (unpaired) electrons. The van der Waals surface area contributed by atoms with Gasteiger partial charge in [0.15, 0.2) is 6.61 Å². The lowest BCUT2D eigenvalue weighted by atomic mass is 10.2. The first-order chi connectivity index (χ1) is 9.77. The van der Waals surface area contributed by atoms with Crippen molar-refractivity contribution in [3.63, 3.8) is 0 Å². The number of ether oxygens (including phenoxy) is 1. The van der Waals surface area contributed by atoms with Gasteiger partial charge < -0.3 is 10.1 Å². The van der Waals surface area contributed by atoms with Crippen molar-refractivity contribution < 1.29 is 17.9 Å². The molecule has 0 aliphatic carbocycles. The SMILES string of the molecule is CCC(CC)NC(=O)COc1ccc(S(=O)(=O)Cl)cc1Br. The number of carbonyl (C=O) groups excluding carboxylic acids is 1. The van der Waals surface area contributed by atoms with Crippen LogP contribution in [0.1, 0.15) is 26.7 Å². The fourth-order valence-corrected chi connectivity index (χ4v) is 3.08. The van der Waals surface area contributed by atoms with Crippen LogP contribution in [0.4, 0.5) is 0 Å². The lowest BCUT2D eigenvalue weighted by molar-refractivity contribution is -0.123. The highest BCUT2D eigenvalue weighted by Gasteiger charge is 2.14. The second-order valence-electron chi connectivity index (χ2n) is 4.40. The number of hydrogen-bond donors (Lipinski definition) is 1. The van der Waals surface area contributed by atoms with Crippen LogP contribution in [0.15, 0.2) is 27.6 Å². The molecule has 0 spiro atoms. The standard InChI is InChI=1S/C13H17BrClNO4S/c1-3-9(4-2)16-13(17)8-20-12-6-5-10(7-11(12)14)21(15,18)19/h5-7,9H,3-4,8H2,1-2H3,(H,16,17). The van der Waals surface area contributed by atoms with Crippen molar-refractivity contribution >= 4 is 41.6 Å². The van der Waals surface area contributed by atoms with E-state index < -0.39 is 9.05 Å². The van der Waals surface area contributed by atoms with E-state index in [9.17, 15) is 13.2 Å². The molecule has 8 heteroatoms. The molecular weight excluding hydrogens is 382 g/mol. The molecule has 0 fully saturated rings. The number of amides is 1. The van der Waals surface area contributed by atoms with E-state index in [1.807, 2.05) is 13.8 Å². The molecule has 1 aromatic carbocycles. The lowest BCUT2D eigenvalue weighted by Gasteiger charge is -2.15. The quantitative estimate of drug-likeness (QED) is 0.717. The second-order valence-corrected chi connectivity index (χ2v) is 7.82. The highest BCUT2D eigenvalue weighted by Crippen LogP contribution is 2.29. The minimum Gasteiger partial charge on any atom is -0.483 e. The van der Waals surface area contributed by atoms with Crippen molar-refractivity contribution in [1.82, 2.24) is 5.32 Å². The zero-order valence-electron chi connectivity index (χ0n) is 11.7. The summed E-state index contributed by atoms with van der Waals surface area (Å²) in [6.07, 6.45) is 1.71. The summed E-state index contributed by atoms with van der Waals surface area (Å²) in [6.45, 7) is 3.86. The van der Waals surface area contributed by atoms with Gasteiger partial charge in [0, 0.05) is 16.7 Å². The fraction of sp³-hybridized carbons (Fsp3) is 0.462. The first-order valence-corrected chi connectivity index (χ1v) is 9.54. The molecule has 0 aliphatic rings. The molecule has 0 atom stereocenters. The first-order valence-electron chi connectivity index (χ1n) is 6.44. The van der Waals surface area contributed by atoms with Crippen molar-refractivity contribution in [2.45, 2.75) is 37.6 Å². The van der Waals surface area contributed by atoms with Crippen molar-refractivity contribution in [3.8, 4) is 5.75 Å². The van der Waals surface area contributed by atoms with Crippen LogP contribution in [0.3, 0.4) is 0 Å². The normalized spacial score (nSPS) is 11.5. The maximum atomic E-state index is 11.7. The van der Waals surface area contributed by atoms with Crippen LogP contribution in [0.2, 0.25) is 0 Å². The number of rotatable bonds is 7. The predicted octanol–water partition coefficient (Wildman–Crippen LogP) is 3.06. The third-order valence-corrected chi connectivity index (χ3v) is 4.87. The van der Waals surface area contributed by atoms with Crippen LogP contribution >= 0.6 is 26.6 Å². The van der Waals surface area contributed by atoms with Crippen LogP contribution in [0.5, 0.6) is 5.75 Å². The number of nitrogens with one attached hydrogen (secondary N) is 1. The predicted molar refractivity (Wildman–Crippen MR) is 85.2 cm³/mol. The Morgan fingerprint density at radius 1 is 1.38 bits per heavy atom. The summed E-state index contributed by atoms with van der Waals surface area (Å²) in [5.74, 6) is 0.156. The number of halogens is 2. The van der Waals surface area contributed by atoms with E-state index in [1.165, 1.54) is 18.2 Å². The molecule has 0 unspecified atom stereocenters. The number of carbonyl (C=O) groups is 1. The Morgan fingerprint density at radius 2 is 2.00 bits per heavy atom. The molecule has 1 N–H and O–H groups in total. The third kappa shape index (κ3) is 5.84. The maximum absolute atomic E-state index is 11.7. The Labute approximate surface area is 137 Å². The summed E-state index contributed by atoms with van der Waals surface area (Å²) in [6, 6.07) is 4.23. The van der Waals surface area contributed by atoms with Crippen molar-refractivity contribution in [3.05, 3.63) is 22.7 Å². The Hall–Kier alpha value is -0.790. The molecule has 1 rings (SSSR count). The van der Waals surface area contributed by atoms with Gasteiger partial charge in [-0.1, -0.05) is 13.8 Å². The molecule has 5 nitrogen and oxygen atoms in total. The smallest absolute Gasteiger partial charge is 0.261 e. The van der Waals surface area contributed by atoms with Gasteiger partial charge in [0.05, 0.1) is 9.37 Å². The van der Waals surface area contributed by atoms with E-state index in [0.717, 1.165) is 12.8 Å². The molecular formula is C13H17BrClNO4S. The van der Waals surface area contributed by atoms with Gasteiger partial charge in [0.1, 0.15) is 5.75 Å². The Morgan fingerprint density at radius 3 is 2.48 bits per heavy atom. The zero-order valence-corrected chi connectivity index (χ0v) is 14.9. The number of benzene rings is 1. The Kier molecular flexibility index (Phi) is 6.96. The third-order valence-electron chi connectivity index (χ3n) is 2.89. The maximum Gasteiger partial charge on any atom is 0.261 e. The summed E-state index contributed by atoms with van der Waals surface area (Å²) in [7, 11) is 1.46. The molecule has 0 bridgehead atoms. The average Bonchev–Trinajstić information content (AvgIpc) is 2.42. The lowest BCUT2D eigenvalue weighted by Crippen LogP contribution is -2.37. The second kappa shape index (κ2) is 8.00. The van der Waals surface area contributed by atoms with Gasteiger partial charge in [-0.25, -0.2) is 8.42 Å². The van der Waals surface area contributed by atoms with Gasteiger partial charge in [-0.3, -0.25) is 4.79 Å². The fourth-order valence-electron chi connectivity index (χ4n) is 1.66. The molecule has 21 heavy (non-hydrogen) atoms. The largest absolute Gasteiger partial charge is 0.483 e. The van der Waals surface area contributed by atoms with E-state index >= 15 is 0 Å². The van der Waals surface area contributed by atoms with Gasteiger partial charge in [-0.2, -0.15) is 0 Å². The summed E-state index contributed by atoms with van der Waals surface area (Å²) in [5, 5.41) is 2.85. The van der Waals surface area contributed by atoms with Gasteiger partial charge in [-0.15, -0.1) is 0 Å². The zero-order chi connectivity index (χ0) is 16.0. The summed E-state index contributed by atoms with van der Waals surface area (Å²) in [4.78, 5) is 11.7. The van der Waals surface area contributed by atoms with E-state index in [4.69, 9.17) is 15.4 Å². The highest BCUT2D eigenvalue weighted by molar-refractivity contribution is 9.10. The molecule has 0 saturated heterocycles. The Balaban J connectivity index is 2.66. The van der Waals surface area contributed by atoms with E-state index in [1.54, 1.807) is 0 Å². The molecule has 1 aromatic rings. The van der Waals surface area contributed by atoms with Gasteiger partial charge >= 0.3 is 0 Å². The van der Waals surface area contributed by atoms with Crippen LogP contribution in [0.25, 0.3) is 0 Å².